The lowest BCUT2D eigenvalue weighted by molar-refractivity contribution is -0.143. The number of ether oxygens (including phenoxy) is 4. The van der Waals surface area contributed by atoms with Crippen molar-refractivity contribution in [2.24, 2.45) is 29.0 Å². The van der Waals surface area contributed by atoms with E-state index in [1.165, 1.54) is 29.2 Å². The fraction of sp³-hybridized carbons (Fsp3) is 0.482. The zero-order valence-corrected chi connectivity index (χ0v) is 74.1. The monoisotopic (exact) mass is 1880 g/mol. The summed E-state index contributed by atoms with van der Waals surface area (Å²) in [5.74, 6) is -21.0. The first-order valence-corrected chi connectivity index (χ1v) is 43.1. The maximum atomic E-state index is 14.9. The highest BCUT2D eigenvalue weighted by atomic mass is 32.1. The number of nitrogens with zero attached hydrogens (tertiary/aromatic N) is 1. The molecule has 4 aromatic rings. The molecular formula is C85H112N20O27S. The topological polar surface area (TPSA) is 731 Å². The van der Waals surface area contributed by atoms with Crippen molar-refractivity contribution in [3.63, 3.8) is 0 Å². The SMILES string of the molecule is CC(C)[C@H](NC(=O)[C@H](CCCNC(=N)N)NC(=O)[C@H](CO)NC(=O)COCCOCCNC(=S)Nc1ccc2c(c1)C(=O)OC21c2ccc(O)cc2Oc2cc(O)ccc21)C(=O)N[C@H](C(=O)N1CCC[C@H]1C(=O)N[C@H]1CCNC(=O)CC[C@@H](C(=O)N[C@@H](CC(=O)O)C(=O)N[C@@H](C)C(=O)N[C@@H](CC(=O)O)C(N)=O)NC(=O)[C@H](Cc2ccccc2)NC(=O)[C@H](CCC(N)=O)NC1=O)C(C)C. The molecule has 0 aromatic heterocycles. The third-order valence-electron chi connectivity index (χ3n) is 21.6. The predicted molar refractivity (Wildman–Crippen MR) is 471 cm³/mol. The highest BCUT2D eigenvalue weighted by Gasteiger charge is 2.54. The van der Waals surface area contributed by atoms with Crippen LogP contribution in [0.1, 0.15) is 138 Å². The number of aliphatic carboxylic acids is 2. The third kappa shape index (κ3) is 29.8. The van der Waals surface area contributed by atoms with Gasteiger partial charge in [0.25, 0.3) is 0 Å². The molecule has 0 aliphatic carbocycles. The molecule has 1 spiro atoms. The van der Waals surface area contributed by atoms with Crippen LogP contribution in [0.15, 0.2) is 84.9 Å². The Morgan fingerprint density at radius 1 is 0.624 bits per heavy atom. The van der Waals surface area contributed by atoms with Crippen molar-refractivity contribution < 1.29 is 131 Å². The lowest BCUT2D eigenvalue weighted by Crippen LogP contribution is -2.62. The van der Waals surface area contributed by atoms with Gasteiger partial charge in [-0.2, -0.15) is 0 Å². The number of rotatable bonds is 42. The molecule has 0 radical (unpaired) electrons. The molecule has 2 saturated heterocycles. The molecule has 4 aliphatic heterocycles. The molecule has 8 rings (SSSR count). The Kier molecular flexibility index (Phi) is 38.3. The van der Waals surface area contributed by atoms with Gasteiger partial charge in [0, 0.05) is 80.0 Å². The van der Waals surface area contributed by atoms with Crippen molar-refractivity contribution in [3.8, 4) is 23.0 Å². The highest BCUT2D eigenvalue weighted by Crippen LogP contribution is 2.57. The predicted octanol–water partition coefficient (Wildman–Crippen LogP) is -4.86. The average Bonchev–Trinajstić information content (AvgIpc) is 1.54. The second-order valence-corrected chi connectivity index (χ2v) is 32.8. The molecule has 0 saturated carbocycles. The number of guanidine groups is 1. The zero-order valence-electron chi connectivity index (χ0n) is 73.3. The Labute approximate surface area is 766 Å². The number of nitrogens with two attached hydrogens (primary N) is 3. The number of benzene rings is 4. The molecule has 48 heteroatoms. The number of aliphatic hydroxyl groups excluding tert-OH is 1. The summed E-state index contributed by atoms with van der Waals surface area (Å²) in [4.78, 5) is 247. The van der Waals surface area contributed by atoms with Gasteiger partial charge in [0.15, 0.2) is 16.7 Å². The normalized spacial score (nSPS) is 18.5. The fourth-order valence-corrected chi connectivity index (χ4v) is 15.0. The van der Waals surface area contributed by atoms with Crippen LogP contribution in [-0.4, -0.2) is 280 Å². The van der Waals surface area contributed by atoms with Crippen LogP contribution in [0.2, 0.25) is 0 Å². The van der Waals surface area contributed by atoms with Crippen molar-refractivity contribution in [2.45, 2.75) is 190 Å². The number of carbonyl (C=O) groups excluding carboxylic acids is 16. The Balaban J connectivity index is 0.866. The van der Waals surface area contributed by atoms with Crippen molar-refractivity contribution in [2.75, 3.05) is 64.5 Å². The van der Waals surface area contributed by atoms with Crippen molar-refractivity contribution in [1.82, 2.24) is 79.3 Å². The first-order chi connectivity index (χ1) is 63.1. The van der Waals surface area contributed by atoms with Gasteiger partial charge in [0.05, 0.1) is 44.8 Å². The molecule has 720 valence electrons. The minimum atomic E-state index is -2.04. The van der Waals surface area contributed by atoms with E-state index in [0.29, 0.717) is 27.9 Å². The van der Waals surface area contributed by atoms with Gasteiger partial charge in [-0.25, -0.2) is 4.79 Å². The molecule has 4 aliphatic rings. The number of hydrogen-bond donors (Lipinski definition) is 24. The molecule has 15 amide bonds. The number of carboxylic acid groups (broad SMARTS) is 2. The number of carbonyl (C=O) groups is 18. The van der Waals surface area contributed by atoms with Gasteiger partial charge >= 0.3 is 17.9 Å². The van der Waals surface area contributed by atoms with Gasteiger partial charge in [0.1, 0.15) is 102 Å². The number of anilines is 1. The smallest absolute Gasteiger partial charge is 0.340 e. The number of primary amides is 2. The van der Waals surface area contributed by atoms with Crippen LogP contribution in [0, 0.1) is 17.2 Å². The number of aromatic hydroxyl groups is 2. The van der Waals surface area contributed by atoms with E-state index in [4.69, 9.17) is 53.8 Å². The highest BCUT2D eigenvalue weighted by molar-refractivity contribution is 7.80. The number of thiocarbonyl (C=S) groups is 1. The molecule has 4 heterocycles. The maximum Gasteiger partial charge on any atom is 0.340 e. The number of carboxylic acids is 2. The summed E-state index contributed by atoms with van der Waals surface area (Å²) in [7, 11) is 0. The third-order valence-corrected chi connectivity index (χ3v) is 21.9. The molecule has 12 atom stereocenters. The minimum absolute atomic E-state index is 0.0139. The van der Waals surface area contributed by atoms with Gasteiger partial charge in [-0.15, -0.1) is 0 Å². The number of hydrogen-bond acceptors (Lipinski definition) is 27. The van der Waals surface area contributed by atoms with E-state index in [-0.39, 0.29) is 105 Å². The van der Waals surface area contributed by atoms with Gasteiger partial charge in [-0.3, -0.25) is 86.9 Å². The number of phenols is 2. The maximum absolute atomic E-state index is 14.9. The van der Waals surface area contributed by atoms with Crippen molar-refractivity contribution >= 4 is 135 Å². The Bertz CT molecular complexity index is 4970. The lowest BCUT2D eigenvalue weighted by atomic mass is 9.77. The van der Waals surface area contributed by atoms with Crippen LogP contribution in [-0.2, 0) is 108 Å². The van der Waals surface area contributed by atoms with E-state index in [1.54, 1.807) is 88.4 Å². The van der Waals surface area contributed by atoms with Gasteiger partial charge < -0.3 is 146 Å². The van der Waals surface area contributed by atoms with E-state index < -0.39 is 267 Å². The molecule has 133 heavy (non-hydrogen) atoms. The number of nitrogens with one attached hydrogen (secondary N) is 16. The second-order valence-electron chi connectivity index (χ2n) is 32.4. The molecule has 2 fully saturated rings. The summed E-state index contributed by atoms with van der Waals surface area (Å²) in [6, 6.07) is 2.04. The van der Waals surface area contributed by atoms with Crippen LogP contribution < -0.4 is 102 Å². The van der Waals surface area contributed by atoms with Crippen LogP contribution in [0.4, 0.5) is 5.69 Å². The van der Waals surface area contributed by atoms with Crippen LogP contribution in [0.5, 0.6) is 23.0 Å². The largest absolute Gasteiger partial charge is 0.508 e. The number of amides is 15. The van der Waals surface area contributed by atoms with Crippen molar-refractivity contribution in [1.29, 1.82) is 5.41 Å². The summed E-state index contributed by atoms with van der Waals surface area (Å²) in [5, 5.41) is 95.5. The summed E-state index contributed by atoms with van der Waals surface area (Å²) in [6.07, 6.45) is -5.13. The minimum Gasteiger partial charge on any atom is -0.508 e. The van der Waals surface area contributed by atoms with Gasteiger partial charge in [0.2, 0.25) is 88.6 Å². The number of likely N-dealkylation sites (tertiary alicyclic amines) is 1. The quantitative estimate of drug-likeness (QED) is 0.00650. The molecule has 0 bridgehead atoms. The number of fused-ring (bicyclic) bond motifs is 6. The van der Waals surface area contributed by atoms with Gasteiger partial charge in [-0.1, -0.05) is 64.1 Å². The fourth-order valence-electron chi connectivity index (χ4n) is 14.8. The first kappa shape index (κ1) is 104. The van der Waals surface area contributed by atoms with Crippen LogP contribution in [0.25, 0.3) is 0 Å². The van der Waals surface area contributed by atoms with Crippen LogP contribution in [0.3, 0.4) is 0 Å². The van der Waals surface area contributed by atoms with E-state index in [1.807, 2.05) is 5.32 Å². The van der Waals surface area contributed by atoms with Crippen LogP contribution >= 0.6 is 12.2 Å². The standard InChI is InChI=1S/C85H112N20O27S/c1-41(2)68(103-75(121)52(13-9-26-91-83(88)89)96-78(124)59(39-106)95-65(111)40-130-32-31-129-30-28-92-84(133)94-45-15-18-49-48(34-45)82(128)132-85(49)50-19-16-46(107)35-61(50)131-62-36-47(108)17-20-51(62)85)80(126)104-69(42(3)4)81(127)105-29-10-14-60(105)79(125)99-55-25-27-90-64(110)24-22-54(73(119)102-58(38-67(114)115)76(122)93-43(5)71(117)100-56(70(87)116)37-66(112)113)98-77(123)57(33-44-11-7-6-8-12-44)101-72(118)53(97-74(55)120)21-23-63(86)109/h6-8,11-12,15-20,34-36,41-43,52-60,68-69,106-108H,9-10,13-14,21-33,37-40H2,1-5H3,(H2,86,109)(H2,87,116)(H,90,110)(H,93,122)(H,95,111)(H,96,124)(H,97,120)(H,98,123)(H,99,125)(H,100,117)(H,101,118)(H,102,119)(H,103,121)(H,104,126)(H,112,113)(H,114,115)(H4,88,89,91)(H2,92,94,133)/t43-,52-,53-,54-,55-,56-,57-,58-,59-,60-,68-,69-/m0/s1. The lowest BCUT2D eigenvalue weighted by Gasteiger charge is -2.36. The average molecular weight is 1880 g/mol. The zero-order chi connectivity index (χ0) is 97.7. The molecule has 27 N–H and O–H groups in total. The molecule has 47 nitrogen and oxygen atoms in total. The summed E-state index contributed by atoms with van der Waals surface area (Å²) >= 11 is 5.50. The number of aliphatic hydroxyl groups is 1. The summed E-state index contributed by atoms with van der Waals surface area (Å²) in [6.45, 7) is 5.46. The van der Waals surface area contributed by atoms with E-state index in [9.17, 15) is 112 Å². The second kappa shape index (κ2) is 49.0. The van der Waals surface area contributed by atoms with Crippen molar-refractivity contribution in [3.05, 3.63) is 113 Å². The molecular weight excluding hydrogens is 1770 g/mol. The molecule has 0 unspecified atom stereocenters. The number of phenolic OH excluding ortho intramolecular Hbond substituents is 2. The van der Waals surface area contributed by atoms with E-state index in [2.05, 4.69) is 74.4 Å². The summed E-state index contributed by atoms with van der Waals surface area (Å²) in [5.41, 5.74) is 17.2. The Morgan fingerprint density at radius 3 is 1.86 bits per heavy atom. The van der Waals surface area contributed by atoms with E-state index in [0.717, 1.165) is 6.92 Å². The van der Waals surface area contributed by atoms with E-state index >= 15 is 0 Å². The van der Waals surface area contributed by atoms with Gasteiger partial charge in [-0.05, 0) is 118 Å². The Hall–Kier alpha value is -14.4. The molecule has 4 aromatic carbocycles. The number of esters is 1. The first-order valence-electron chi connectivity index (χ1n) is 42.6. The Morgan fingerprint density at radius 2 is 1.23 bits per heavy atom. The summed E-state index contributed by atoms with van der Waals surface area (Å²) < 4.78 is 23.2.